The van der Waals surface area contributed by atoms with E-state index >= 15 is 0 Å². The van der Waals surface area contributed by atoms with Gasteiger partial charge < -0.3 is 23.9 Å². The van der Waals surface area contributed by atoms with Crippen LogP contribution in [-0.4, -0.2) is 70.1 Å². The second-order valence-corrected chi connectivity index (χ2v) is 9.36. The molecule has 1 aliphatic rings. The molecule has 2 aromatic rings. The molecule has 1 aromatic carbocycles. The lowest BCUT2D eigenvalue weighted by molar-refractivity contribution is -0.144. The number of esters is 2. The summed E-state index contributed by atoms with van der Waals surface area (Å²) >= 11 is 12.8. The molecule has 0 bridgehead atoms. The van der Waals surface area contributed by atoms with Gasteiger partial charge in [0, 0.05) is 11.6 Å². The number of hydrogen-bond acceptors (Lipinski definition) is 9. The first kappa shape index (κ1) is 27.8. The Labute approximate surface area is 218 Å². The number of aromatic nitrogens is 3. The van der Waals surface area contributed by atoms with Crippen molar-refractivity contribution in [1.29, 1.82) is 0 Å². The molecule has 3 unspecified atom stereocenters. The molecule has 1 aromatic heterocycles. The second-order valence-electron chi connectivity index (χ2n) is 8.58. The van der Waals surface area contributed by atoms with E-state index < -0.39 is 29.4 Å². The Morgan fingerprint density at radius 3 is 2.56 bits per heavy atom. The standard InChI is InChI=1S/C24H28Cl2N4O6/c1-5-36-23(32)20-17(9-35-11-24(3,33)10-30-12-27-28-13-30)29-14(2)18(22(31)34-4)19(20)15-7-6-8-16(25)21(15)26/h6-8,12-13,18-19,33H,5,9-11H2,1-4H3. The topological polar surface area (TPSA) is 125 Å². The number of halogens is 2. The van der Waals surface area contributed by atoms with Crippen LogP contribution in [0.1, 0.15) is 32.3 Å². The van der Waals surface area contributed by atoms with Gasteiger partial charge in [-0.25, -0.2) is 4.79 Å². The Morgan fingerprint density at radius 1 is 1.22 bits per heavy atom. The van der Waals surface area contributed by atoms with Gasteiger partial charge in [-0.3, -0.25) is 9.79 Å². The van der Waals surface area contributed by atoms with Crippen LogP contribution in [0.5, 0.6) is 0 Å². The predicted molar refractivity (Wildman–Crippen MR) is 133 cm³/mol. The first-order valence-corrected chi connectivity index (χ1v) is 11.9. The maximum atomic E-state index is 13.2. The quantitative estimate of drug-likeness (QED) is 0.457. The van der Waals surface area contributed by atoms with Crippen LogP contribution in [0.2, 0.25) is 10.0 Å². The lowest BCUT2D eigenvalue weighted by atomic mass is 9.75. The zero-order chi connectivity index (χ0) is 26.5. The number of carbonyl (C=O) groups is 2. The highest BCUT2D eigenvalue weighted by atomic mass is 35.5. The Balaban J connectivity index is 2.01. The lowest BCUT2D eigenvalue weighted by Crippen LogP contribution is -2.38. The molecule has 3 rings (SSSR count). The van der Waals surface area contributed by atoms with E-state index in [4.69, 9.17) is 37.4 Å². The van der Waals surface area contributed by atoms with Crippen LogP contribution in [0.3, 0.4) is 0 Å². The predicted octanol–water partition coefficient (Wildman–Crippen LogP) is 3.22. The minimum Gasteiger partial charge on any atom is -0.468 e. The number of ether oxygens (including phenoxy) is 3. The SMILES string of the molecule is CCOC(=O)C1=C(COCC(C)(O)Cn2cnnc2)N=C(C)C(C(=O)OC)C1c1cccc(Cl)c1Cl. The third-order valence-electron chi connectivity index (χ3n) is 5.63. The van der Waals surface area contributed by atoms with Gasteiger partial charge in [0.25, 0.3) is 0 Å². The summed E-state index contributed by atoms with van der Waals surface area (Å²) in [7, 11) is 1.26. The summed E-state index contributed by atoms with van der Waals surface area (Å²) in [5.41, 5.74) is -0.0301. The highest BCUT2D eigenvalue weighted by Gasteiger charge is 2.44. The van der Waals surface area contributed by atoms with E-state index in [1.165, 1.54) is 19.8 Å². The van der Waals surface area contributed by atoms with E-state index in [0.29, 0.717) is 11.3 Å². The maximum Gasteiger partial charge on any atom is 0.336 e. The number of methoxy groups -OCH3 is 1. The minimum absolute atomic E-state index is 0.0810. The smallest absolute Gasteiger partial charge is 0.336 e. The number of rotatable bonds is 10. The normalized spacial score (nSPS) is 19.5. The lowest BCUT2D eigenvalue weighted by Gasteiger charge is -2.32. The molecule has 0 fully saturated rings. The van der Waals surface area contributed by atoms with E-state index in [1.54, 1.807) is 43.5 Å². The Hall–Kier alpha value is -2.79. The zero-order valence-electron chi connectivity index (χ0n) is 20.4. The summed E-state index contributed by atoms with van der Waals surface area (Å²) < 4.78 is 17.8. The fourth-order valence-electron chi connectivity index (χ4n) is 4.13. The summed E-state index contributed by atoms with van der Waals surface area (Å²) in [6, 6.07) is 4.98. The highest BCUT2D eigenvalue weighted by Crippen LogP contribution is 2.44. The zero-order valence-corrected chi connectivity index (χ0v) is 21.9. The van der Waals surface area contributed by atoms with Crippen LogP contribution >= 0.6 is 23.2 Å². The molecule has 1 N–H and O–H groups in total. The van der Waals surface area contributed by atoms with Crippen LogP contribution in [0.25, 0.3) is 0 Å². The summed E-state index contributed by atoms with van der Waals surface area (Å²) in [4.78, 5) is 30.6. The van der Waals surface area contributed by atoms with Gasteiger partial charge in [-0.05, 0) is 32.4 Å². The molecule has 194 valence electrons. The fourth-order valence-corrected chi connectivity index (χ4v) is 4.56. The van der Waals surface area contributed by atoms with Gasteiger partial charge in [0.05, 0.1) is 54.8 Å². The fraction of sp³-hybridized carbons (Fsp3) is 0.458. The summed E-state index contributed by atoms with van der Waals surface area (Å²) in [5.74, 6) is -3.07. The van der Waals surface area contributed by atoms with E-state index in [0.717, 1.165) is 0 Å². The van der Waals surface area contributed by atoms with Gasteiger partial charge in [-0.1, -0.05) is 35.3 Å². The van der Waals surface area contributed by atoms with Gasteiger partial charge in [-0.15, -0.1) is 10.2 Å². The van der Waals surface area contributed by atoms with Gasteiger partial charge in [0.1, 0.15) is 24.2 Å². The van der Waals surface area contributed by atoms with Crippen molar-refractivity contribution < 1.29 is 28.9 Å². The average molecular weight is 539 g/mol. The molecule has 10 nitrogen and oxygen atoms in total. The summed E-state index contributed by atoms with van der Waals surface area (Å²) in [6.45, 7) is 5.02. The van der Waals surface area contributed by atoms with Crippen LogP contribution in [-0.2, 0) is 30.3 Å². The van der Waals surface area contributed by atoms with Crippen molar-refractivity contribution in [2.75, 3.05) is 26.9 Å². The molecule has 3 atom stereocenters. The number of aliphatic imine (C=N–C) groups is 1. The van der Waals surface area contributed by atoms with E-state index in [9.17, 15) is 14.7 Å². The first-order chi connectivity index (χ1) is 17.1. The monoisotopic (exact) mass is 538 g/mol. The summed E-state index contributed by atoms with van der Waals surface area (Å²) in [6.07, 6.45) is 2.97. The van der Waals surface area contributed by atoms with Crippen LogP contribution < -0.4 is 0 Å². The minimum atomic E-state index is -1.26. The number of nitrogens with zero attached hydrogens (tertiary/aromatic N) is 4. The Bertz CT molecular complexity index is 1160. The van der Waals surface area contributed by atoms with Crippen molar-refractivity contribution in [3.63, 3.8) is 0 Å². The van der Waals surface area contributed by atoms with Crippen molar-refractivity contribution in [3.05, 3.63) is 57.7 Å². The first-order valence-electron chi connectivity index (χ1n) is 11.2. The molecule has 0 saturated heterocycles. The van der Waals surface area contributed by atoms with Gasteiger partial charge in [0.2, 0.25) is 0 Å². The van der Waals surface area contributed by atoms with E-state index in [1.807, 2.05) is 0 Å². The van der Waals surface area contributed by atoms with Crippen molar-refractivity contribution in [3.8, 4) is 0 Å². The number of carbonyl (C=O) groups excluding carboxylic acids is 2. The largest absolute Gasteiger partial charge is 0.468 e. The summed E-state index contributed by atoms with van der Waals surface area (Å²) in [5, 5.41) is 18.6. The van der Waals surface area contributed by atoms with Gasteiger partial charge in [-0.2, -0.15) is 0 Å². The molecule has 2 heterocycles. The van der Waals surface area contributed by atoms with Crippen LogP contribution in [0.4, 0.5) is 0 Å². The van der Waals surface area contributed by atoms with Crippen molar-refractivity contribution in [1.82, 2.24) is 14.8 Å². The van der Waals surface area contributed by atoms with Crippen molar-refractivity contribution in [2.45, 2.75) is 38.8 Å². The molecular formula is C24H28Cl2N4O6. The molecule has 0 spiro atoms. The molecule has 0 radical (unpaired) electrons. The van der Waals surface area contributed by atoms with E-state index in [2.05, 4.69) is 15.2 Å². The van der Waals surface area contributed by atoms with Crippen molar-refractivity contribution >= 4 is 40.9 Å². The molecule has 0 saturated carbocycles. The average Bonchev–Trinajstić information content (AvgIpc) is 3.32. The highest BCUT2D eigenvalue weighted by molar-refractivity contribution is 6.42. The Morgan fingerprint density at radius 2 is 1.92 bits per heavy atom. The number of aliphatic hydroxyl groups is 1. The number of hydrogen-bond donors (Lipinski definition) is 1. The molecular weight excluding hydrogens is 511 g/mol. The van der Waals surface area contributed by atoms with Crippen LogP contribution in [0, 0.1) is 5.92 Å². The van der Waals surface area contributed by atoms with Crippen molar-refractivity contribution in [2.24, 2.45) is 10.9 Å². The van der Waals surface area contributed by atoms with Gasteiger partial charge >= 0.3 is 11.9 Å². The van der Waals surface area contributed by atoms with E-state index in [-0.39, 0.29) is 47.7 Å². The third kappa shape index (κ3) is 6.31. The maximum absolute atomic E-state index is 13.2. The van der Waals surface area contributed by atoms with Gasteiger partial charge in [0.15, 0.2) is 0 Å². The number of benzene rings is 1. The second kappa shape index (κ2) is 12.0. The molecule has 0 amide bonds. The third-order valence-corrected chi connectivity index (χ3v) is 6.46. The Kier molecular flexibility index (Phi) is 9.24. The molecule has 12 heteroatoms. The van der Waals surface area contributed by atoms with Crippen LogP contribution in [0.15, 0.2) is 47.1 Å². The molecule has 0 aliphatic carbocycles. The molecule has 1 aliphatic heterocycles. The molecule has 36 heavy (non-hydrogen) atoms.